The predicted octanol–water partition coefficient (Wildman–Crippen LogP) is 0.917. The summed E-state index contributed by atoms with van der Waals surface area (Å²) in [5, 5.41) is 3.16. The second-order valence-corrected chi connectivity index (χ2v) is 9.66. The molecule has 1 fully saturated rings. The molecule has 24 heavy (non-hydrogen) atoms. The Kier molecular flexibility index (Phi) is 7.61. The molecule has 0 unspecified atom stereocenters. The molecule has 7 nitrogen and oxygen atoms in total. The van der Waals surface area contributed by atoms with E-state index in [1.54, 1.807) is 0 Å². The number of sulfone groups is 1. The second kappa shape index (κ2) is 8.57. The lowest BCUT2D eigenvalue weighted by Crippen LogP contribution is -2.40. The van der Waals surface area contributed by atoms with Crippen molar-refractivity contribution in [2.24, 2.45) is 5.92 Å². The average molecular weight is 398 g/mol. The van der Waals surface area contributed by atoms with Gasteiger partial charge < -0.3 is 5.32 Å². The zero-order valence-electron chi connectivity index (χ0n) is 13.8. The number of hydrogen-bond acceptors (Lipinski definition) is 6. The van der Waals surface area contributed by atoms with Crippen molar-refractivity contribution in [3.05, 3.63) is 18.3 Å². The van der Waals surface area contributed by atoms with Gasteiger partial charge in [-0.3, -0.25) is 0 Å². The van der Waals surface area contributed by atoms with Gasteiger partial charge in [0.25, 0.3) is 0 Å². The second-order valence-electron chi connectivity index (χ2n) is 5.76. The van der Waals surface area contributed by atoms with Crippen molar-refractivity contribution in [2.45, 2.75) is 29.7 Å². The summed E-state index contributed by atoms with van der Waals surface area (Å²) < 4.78 is 49.4. The summed E-state index contributed by atoms with van der Waals surface area (Å²) in [5.41, 5.74) is 0. The third kappa shape index (κ3) is 5.13. The van der Waals surface area contributed by atoms with Gasteiger partial charge in [0.05, 0.1) is 0 Å². The van der Waals surface area contributed by atoms with Crippen LogP contribution in [-0.4, -0.2) is 58.6 Å². The summed E-state index contributed by atoms with van der Waals surface area (Å²) in [6.45, 7) is 4.83. The topological polar surface area (TPSA) is 96.4 Å². The molecule has 0 radical (unpaired) electrons. The number of halogens is 1. The number of sulfonamides is 1. The smallest absolute Gasteiger partial charge is 0.244 e. The molecule has 0 atom stereocenters. The highest BCUT2D eigenvalue weighted by Crippen LogP contribution is 2.23. The minimum atomic E-state index is -3.61. The first kappa shape index (κ1) is 21.3. The fourth-order valence-corrected chi connectivity index (χ4v) is 4.56. The minimum absolute atomic E-state index is 0. The SMILES string of the molecule is CCNCC1CCN(S(=O)(=O)c2ccc(S(C)(=O)=O)nc2)CC1.Cl. The van der Waals surface area contributed by atoms with Gasteiger partial charge >= 0.3 is 0 Å². The largest absolute Gasteiger partial charge is 0.317 e. The van der Waals surface area contributed by atoms with E-state index < -0.39 is 19.9 Å². The van der Waals surface area contributed by atoms with Crippen molar-refractivity contribution in [2.75, 3.05) is 32.4 Å². The fourth-order valence-electron chi connectivity index (χ4n) is 2.59. The minimum Gasteiger partial charge on any atom is -0.317 e. The lowest BCUT2D eigenvalue weighted by molar-refractivity contribution is 0.268. The van der Waals surface area contributed by atoms with Gasteiger partial charge in [0.15, 0.2) is 14.9 Å². The maximum absolute atomic E-state index is 12.6. The lowest BCUT2D eigenvalue weighted by Gasteiger charge is -2.31. The Labute approximate surface area is 150 Å². The Hall–Kier alpha value is -0.740. The van der Waals surface area contributed by atoms with Gasteiger partial charge in [-0.1, -0.05) is 6.92 Å². The van der Waals surface area contributed by atoms with Crippen LogP contribution in [0.15, 0.2) is 28.3 Å². The normalized spacial score (nSPS) is 17.4. The van der Waals surface area contributed by atoms with Gasteiger partial charge in [-0.25, -0.2) is 21.8 Å². The van der Waals surface area contributed by atoms with Crippen LogP contribution in [0.3, 0.4) is 0 Å². The molecule has 0 aliphatic carbocycles. The van der Waals surface area contributed by atoms with E-state index in [1.807, 2.05) is 6.92 Å². The van der Waals surface area contributed by atoms with Crippen molar-refractivity contribution in [1.82, 2.24) is 14.6 Å². The van der Waals surface area contributed by atoms with E-state index in [0.29, 0.717) is 19.0 Å². The summed E-state index contributed by atoms with van der Waals surface area (Å²) in [6, 6.07) is 2.55. The number of aromatic nitrogens is 1. The average Bonchev–Trinajstić information content (AvgIpc) is 2.52. The van der Waals surface area contributed by atoms with Crippen molar-refractivity contribution in [3.8, 4) is 0 Å². The molecule has 0 spiro atoms. The van der Waals surface area contributed by atoms with Crippen LogP contribution < -0.4 is 5.32 Å². The molecule has 1 aromatic rings. The first-order valence-corrected chi connectivity index (χ1v) is 10.9. The molecule has 1 N–H and O–H groups in total. The number of rotatable bonds is 6. The first-order valence-electron chi connectivity index (χ1n) is 7.62. The molecule has 0 aromatic carbocycles. The third-order valence-corrected chi connectivity index (χ3v) is 6.87. The van der Waals surface area contributed by atoms with Crippen LogP contribution in [0.4, 0.5) is 0 Å². The zero-order chi connectivity index (χ0) is 17.1. The molecule has 0 amide bonds. The van der Waals surface area contributed by atoms with E-state index >= 15 is 0 Å². The van der Waals surface area contributed by atoms with Crippen LogP contribution in [-0.2, 0) is 19.9 Å². The number of nitrogens with zero attached hydrogens (tertiary/aromatic N) is 2. The van der Waals surface area contributed by atoms with Gasteiger partial charge in [-0.05, 0) is 44.0 Å². The Morgan fingerprint density at radius 1 is 1.21 bits per heavy atom. The number of pyridine rings is 1. The quantitative estimate of drug-likeness (QED) is 0.766. The summed E-state index contributed by atoms with van der Waals surface area (Å²) >= 11 is 0. The van der Waals surface area contributed by atoms with Crippen molar-refractivity contribution in [3.63, 3.8) is 0 Å². The number of hydrogen-bond donors (Lipinski definition) is 1. The predicted molar refractivity (Wildman–Crippen MR) is 94.6 cm³/mol. The highest BCUT2D eigenvalue weighted by atomic mass is 35.5. The Morgan fingerprint density at radius 2 is 1.83 bits per heavy atom. The van der Waals surface area contributed by atoms with Crippen LogP contribution in [0.1, 0.15) is 19.8 Å². The van der Waals surface area contributed by atoms with Crippen LogP contribution in [0.25, 0.3) is 0 Å². The first-order chi connectivity index (χ1) is 10.7. The molecular formula is C14H24ClN3O4S2. The van der Waals surface area contributed by atoms with Crippen molar-refractivity contribution < 1.29 is 16.8 Å². The molecule has 0 bridgehead atoms. The maximum atomic E-state index is 12.6. The zero-order valence-corrected chi connectivity index (χ0v) is 16.3. The van der Waals surface area contributed by atoms with Crippen LogP contribution in [0.5, 0.6) is 0 Å². The van der Waals surface area contributed by atoms with Gasteiger partial charge in [-0.2, -0.15) is 4.31 Å². The molecule has 0 saturated carbocycles. The van der Waals surface area contributed by atoms with E-state index in [1.165, 1.54) is 16.4 Å². The molecule has 2 rings (SSSR count). The Morgan fingerprint density at radius 3 is 2.29 bits per heavy atom. The molecule has 2 heterocycles. The molecular weight excluding hydrogens is 374 g/mol. The molecule has 1 saturated heterocycles. The van der Waals surface area contributed by atoms with E-state index in [-0.39, 0.29) is 22.3 Å². The van der Waals surface area contributed by atoms with E-state index in [2.05, 4.69) is 10.3 Å². The van der Waals surface area contributed by atoms with E-state index in [4.69, 9.17) is 0 Å². The molecule has 138 valence electrons. The highest BCUT2D eigenvalue weighted by molar-refractivity contribution is 7.90. The van der Waals surface area contributed by atoms with Gasteiger partial charge in [0, 0.05) is 25.5 Å². The van der Waals surface area contributed by atoms with Crippen LogP contribution in [0, 0.1) is 5.92 Å². The summed E-state index contributed by atoms with van der Waals surface area (Å²) in [5.74, 6) is 0.493. The van der Waals surface area contributed by atoms with E-state index in [0.717, 1.165) is 38.4 Å². The summed E-state index contributed by atoms with van der Waals surface area (Å²) in [4.78, 5) is 3.80. The molecule has 1 aliphatic heterocycles. The third-order valence-electron chi connectivity index (χ3n) is 3.98. The summed E-state index contributed by atoms with van der Waals surface area (Å²) in [6.07, 6.45) is 3.80. The number of nitrogens with one attached hydrogen (secondary N) is 1. The monoisotopic (exact) mass is 397 g/mol. The maximum Gasteiger partial charge on any atom is 0.244 e. The van der Waals surface area contributed by atoms with Crippen LogP contribution in [0.2, 0.25) is 0 Å². The molecule has 10 heteroatoms. The van der Waals surface area contributed by atoms with Gasteiger partial charge in [0.1, 0.15) is 4.90 Å². The van der Waals surface area contributed by atoms with Gasteiger partial charge in [-0.15, -0.1) is 12.4 Å². The van der Waals surface area contributed by atoms with Crippen molar-refractivity contribution >= 4 is 32.3 Å². The fraction of sp³-hybridized carbons (Fsp3) is 0.643. The standard InChI is InChI=1S/C14H23N3O4S2.ClH/c1-3-15-10-12-6-8-17(9-7-12)23(20,21)13-4-5-14(16-11-13)22(2,18)19;/h4-5,11-12,15H,3,6-10H2,1-2H3;1H. The Balaban J connectivity index is 0.00000288. The van der Waals surface area contributed by atoms with E-state index in [9.17, 15) is 16.8 Å². The van der Waals surface area contributed by atoms with Gasteiger partial charge in [0.2, 0.25) is 10.0 Å². The Bertz CT molecular complexity index is 728. The highest BCUT2D eigenvalue weighted by Gasteiger charge is 2.29. The van der Waals surface area contributed by atoms with Crippen LogP contribution >= 0.6 is 12.4 Å². The molecule has 1 aromatic heterocycles. The molecule has 1 aliphatic rings. The summed E-state index contributed by atoms with van der Waals surface area (Å²) in [7, 11) is -7.05. The number of piperidine rings is 1. The lowest BCUT2D eigenvalue weighted by atomic mass is 9.98. The van der Waals surface area contributed by atoms with Crippen molar-refractivity contribution in [1.29, 1.82) is 0 Å².